The Morgan fingerprint density at radius 1 is 1.23 bits per heavy atom. The van der Waals surface area contributed by atoms with Crippen LogP contribution in [-0.4, -0.2) is 30.6 Å². The molecule has 0 amide bonds. The van der Waals surface area contributed by atoms with Gasteiger partial charge in [-0.15, -0.1) is 0 Å². The summed E-state index contributed by atoms with van der Waals surface area (Å²) in [6, 6.07) is 7.45. The van der Waals surface area contributed by atoms with E-state index in [1.54, 1.807) is 13.0 Å². The minimum absolute atomic E-state index is 0.0418. The molecule has 0 unspecified atom stereocenters. The largest absolute Gasteiger partial charge is 0.491 e. The van der Waals surface area contributed by atoms with E-state index in [1.807, 2.05) is 52.0 Å². The van der Waals surface area contributed by atoms with E-state index >= 15 is 0 Å². The number of benzene rings is 1. The molecule has 0 aliphatic carbocycles. The first-order valence-corrected chi connectivity index (χ1v) is 7.53. The van der Waals surface area contributed by atoms with Gasteiger partial charge in [-0.3, -0.25) is 4.79 Å². The van der Waals surface area contributed by atoms with Gasteiger partial charge in [0.2, 0.25) is 0 Å². The van der Waals surface area contributed by atoms with Gasteiger partial charge in [0.15, 0.2) is 5.78 Å². The van der Waals surface area contributed by atoms with Crippen molar-refractivity contribution in [2.75, 3.05) is 6.54 Å². The van der Waals surface area contributed by atoms with Gasteiger partial charge in [0.05, 0.1) is 11.2 Å². The zero-order valence-corrected chi connectivity index (χ0v) is 14.0. The number of hydrogen-bond acceptors (Lipinski definition) is 4. The highest BCUT2D eigenvalue weighted by Gasteiger charge is 2.52. The molecule has 1 saturated heterocycles. The van der Waals surface area contributed by atoms with E-state index in [0.717, 1.165) is 11.0 Å². The number of Topliss-reactive ketones (excluding diaryl/α,β-unsaturated/α-hetero) is 1. The maximum atomic E-state index is 11.5. The fourth-order valence-electron chi connectivity index (χ4n) is 2.28. The molecule has 0 aromatic heterocycles. The Labute approximate surface area is 132 Å². The zero-order chi connectivity index (χ0) is 16.5. The lowest BCUT2D eigenvalue weighted by Gasteiger charge is -2.32. The molecule has 0 radical (unpaired) electrons. The molecule has 1 aromatic rings. The van der Waals surface area contributed by atoms with Crippen LogP contribution in [0.15, 0.2) is 29.7 Å². The van der Waals surface area contributed by atoms with Crippen molar-refractivity contribution in [3.8, 4) is 0 Å². The summed E-state index contributed by atoms with van der Waals surface area (Å²) in [5.74, 6) is 0.0418. The van der Waals surface area contributed by atoms with Gasteiger partial charge in [-0.25, -0.2) is 0 Å². The molecule has 0 spiro atoms. The molecular formula is C17H24BNO3. The van der Waals surface area contributed by atoms with Crippen LogP contribution in [0.3, 0.4) is 0 Å². The van der Waals surface area contributed by atoms with Crippen LogP contribution in [0.4, 0.5) is 0 Å². The Bertz CT molecular complexity index is 592. The number of nitrogens with two attached hydrogens (primary N) is 1. The number of carbonyl (C=O) groups excluding carboxylic acids is 1. The van der Waals surface area contributed by atoms with Gasteiger partial charge in [-0.05, 0) is 51.7 Å². The topological polar surface area (TPSA) is 61.6 Å². The van der Waals surface area contributed by atoms with Crippen molar-refractivity contribution < 1.29 is 14.1 Å². The summed E-state index contributed by atoms with van der Waals surface area (Å²) < 4.78 is 12.1. The normalized spacial score (nSPS) is 20.3. The maximum absolute atomic E-state index is 11.5. The first kappa shape index (κ1) is 16.9. The monoisotopic (exact) mass is 301 g/mol. The standard InChI is InChI=1S/C17H24BNO3/c1-12(20)14-8-6-7-13(9-14)10-15(11-19)18-21-16(2,3)17(4,5)22-18/h6-10H,11,19H2,1-5H3. The van der Waals surface area contributed by atoms with Crippen molar-refractivity contribution >= 4 is 19.0 Å². The summed E-state index contributed by atoms with van der Waals surface area (Å²) in [7, 11) is -0.462. The Morgan fingerprint density at radius 3 is 2.32 bits per heavy atom. The predicted molar refractivity (Wildman–Crippen MR) is 89.6 cm³/mol. The summed E-state index contributed by atoms with van der Waals surface area (Å²) in [5.41, 5.74) is 7.55. The second kappa shape index (κ2) is 5.99. The summed E-state index contributed by atoms with van der Waals surface area (Å²) in [6.07, 6.45) is 1.94. The Hall–Kier alpha value is -1.43. The number of hydrogen-bond donors (Lipinski definition) is 1. The fourth-order valence-corrected chi connectivity index (χ4v) is 2.28. The summed E-state index contributed by atoms with van der Waals surface area (Å²) in [4.78, 5) is 11.5. The summed E-state index contributed by atoms with van der Waals surface area (Å²) in [5, 5.41) is 0. The third-order valence-electron chi connectivity index (χ3n) is 4.44. The second-order valence-corrected chi connectivity index (χ2v) is 6.69. The second-order valence-electron chi connectivity index (χ2n) is 6.69. The average Bonchev–Trinajstić information content (AvgIpc) is 2.65. The van der Waals surface area contributed by atoms with E-state index in [1.165, 1.54) is 0 Å². The van der Waals surface area contributed by atoms with Crippen molar-refractivity contribution in [2.45, 2.75) is 45.8 Å². The van der Waals surface area contributed by atoms with Crippen LogP contribution in [-0.2, 0) is 9.31 Å². The molecule has 22 heavy (non-hydrogen) atoms. The molecule has 1 fully saturated rings. The van der Waals surface area contributed by atoms with Gasteiger partial charge in [-0.2, -0.15) is 0 Å². The van der Waals surface area contributed by atoms with Gasteiger partial charge >= 0.3 is 7.12 Å². The maximum Gasteiger partial charge on any atom is 0.491 e. The first-order chi connectivity index (χ1) is 10.2. The van der Waals surface area contributed by atoms with Crippen molar-refractivity contribution in [1.29, 1.82) is 0 Å². The van der Waals surface area contributed by atoms with Gasteiger partial charge in [-0.1, -0.05) is 24.3 Å². The third kappa shape index (κ3) is 3.32. The molecule has 1 aromatic carbocycles. The minimum atomic E-state index is -0.462. The fraction of sp³-hybridized carbons (Fsp3) is 0.471. The molecular weight excluding hydrogens is 277 g/mol. The highest BCUT2D eigenvalue weighted by atomic mass is 16.7. The lowest BCUT2D eigenvalue weighted by Crippen LogP contribution is -2.41. The van der Waals surface area contributed by atoms with Crippen LogP contribution >= 0.6 is 0 Å². The van der Waals surface area contributed by atoms with Gasteiger partial charge in [0.25, 0.3) is 0 Å². The van der Waals surface area contributed by atoms with Crippen LogP contribution in [0.2, 0.25) is 0 Å². The molecule has 1 heterocycles. The SMILES string of the molecule is CC(=O)c1cccc(C=C(CN)B2OC(C)(C)C(C)(C)O2)c1. The Balaban J connectivity index is 2.29. The van der Waals surface area contributed by atoms with E-state index < -0.39 is 18.3 Å². The predicted octanol–water partition coefficient (Wildman–Crippen LogP) is 2.86. The third-order valence-corrected chi connectivity index (χ3v) is 4.44. The van der Waals surface area contributed by atoms with Crippen LogP contribution in [0.5, 0.6) is 0 Å². The van der Waals surface area contributed by atoms with E-state index in [-0.39, 0.29) is 5.78 Å². The Kier molecular flexibility index (Phi) is 4.61. The van der Waals surface area contributed by atoms with Crippen LogP contribution in [0.25, 0.3) is 6.08 Å². The van der Waals surface area contributed by atoms with Crippen molar-refractivity contribution in [3.05, 3.63) is 40.9 Å². The van der Waals surface area contributed by atoms with E-state index in [2.05, 4.69) is 0 Å². The molecule has 2 rings (SSSR count). The highest BCUT2D eigenvalue weighted by molar-refractivity contribution is 6.55. The van der Waals surface area contributed by atoms with Crippen LogP contribution < -0.4 is 5.73 Å². The van der Waals surface area contributed by atoms with Gasteiger partial charge in [0, 0.05) is 12.1 Å². The molecule has 0 saturated carbocycles. The number of carbonyl (C=O) groups is 1. The average molecular weight is 301 g/mol. The minimum Gasteiger partial charge on any atom is -0.400 e. The van der Waals surface area contributed by atoms with Crippen molar-refractivity contribution in [1.82, 2.24) is 0 Å². The Morgan fingerprint density at radius 2 is 1.82 bits per heavy atom. The molecule has 118 valence electrons. The van der Waals surface area contributed by atoms with Crippen molar-refractivity contribution in [3.63, 3.8) is 0 Å². The van der Waals surface area contributed by atoms with E-state index in [0.29, 0.717) is 12.1 Å². The summed E-state index contributed by atoms with van der Waals surface area (Å²) >= 11 is 0. The number of rotatable bonds is 4. The molecule has 5 heteroatoms. The molecule has 4 nitrogen and oxygen atoms in total. The zero-order valence-electron chi connectivity index (χ0n) is 14.0. The molecule has 1 aliphatic heterocycles. The molecule has 0 bridgehead atoms. The van der Waals surface area contributed by atoms with Gasteiger partial charge in [0.1, 0.15) is 0 Å². The quantitative estimate of drug-likeness (QED) is 0.686. The van der Waals surface area contributed by atoms with Gasteiger partial charge < -0.3 is 15.0 Å². The van der Waals surface area contributed by atoms with Crippen LogP contribution in [0, 0.1) is 0 Å². The summed E-state index contributed by atoms with van der Waals surface area (Å²) in [6.45, 7) is 9.94. The van der Waals surface area contributed by atoms with E-state index in [4.69, 9.17) is 15.0 Å². The highest BCUT2D eigenvalue weighted by Crippen LogP contribution is 2.38. The smallest absolute Gasteiger partial charge is 0.400 e. The lowest BCUT2D eigenvalue weighted by atomic mass is 9.77. The molecule has 0 atom stereocenters. The van der Waals surface area contributed by atoms with Crippen molar-refractivity contribution in [2.24, 2.45) is 5.73 Å². The number of ketones is 1. The van der Waals surface area contributed by atoms with E-state index in [9.17, 15) is 4.79 Å². The lowest BCUT2D eigenvalue weighted by molar-refractivity contribution is 0.00578. The molecule has 1 aliphatic rings. The molecule has 2 N–H and O–H groups in total. The first-order valence-electron chi connectivity index (χ1n) is 7.53. The van der Waals surface area contributed by atoms with Crippen LogP contribution in [0.1, 0.15) is 50.5 Å².